The van der Waals surface area contributed by atoms with Gasteiger partial charge in [-0.3, -0.25) is 5.10 Å². The smallest absolute Gasteiger partial charge is 0.246 e. The highest BCUT2D eigenvalue weighted by atomic mass is 32.2. The minimum atomic E-state index is -3.47. The SMILES string of the molecule is Cc1n[nH]c(C)c1S(=O)(=O)N1CCCC(CSc2ccccc2)C1. The summed E-state index contributed by atoms with van der Waals surface area (Å²) in [6, 6.07) is 10.3. The Hall–Kier alpha value is -1.31. The fourth-order valence-electron chi connectivity index (χ4n) is 3.16. The number of H-pyrrole nitrogens is 1. The Bertz CT molecular complexity index is 768. The first-order valence-electron chi connectivity index (χ1n) is 8.18. The summed E-state index contributed by atoms with van der Waals surface area (Å²) in [7, 11) is -3.47. The van der Waals surface area contributed by atoms with Crippen molar-refractivity contribution in [1.29, 1.82) is 0 Å². The summed E-state index contributed by atoms with van der Waals surface area (Å²) in [5.41, 5.74) is 1.17. The van der Waals surface area contributed by atoms with Crippen LogP contribution in [0.4, 0.5) is 0 Å². The van der Waals surface area contributed by atoms with Crippen molar-refractivity contribution >= 4 is 21.8 Å². The van der Waals surface area contributed by atoms with E-state index < -0.39 is 10.0 Å². The van der Waals surface area contributed by atoms with Crippen molar-refractivity contribution in [2.45, 2.75) is 36.5 Å². The van der Waals surface area contributed by atoms with Crippen LogP contribution in [-0.2, 0) is 10.0 Å². The molecule has 1 fully saturated rings. The summed E-state index contributed by atoms with van der Waals surface area (Å²) >= 11 is 1.80. The molecule has 1 saturated heterocycles. The summed E-state index contributed by atoms with van der Waals surface area (Å²) in [5, 5.41) is 6.82. The van der Waals surface area contributed by atoms with Gasteiger partial charge in [-0.1, -0.05) is 18.2 Å². The lowest BCUT2D eigenvalue weighted by atomic mass is 10.0. The predicted molar refractivity (Wildman–Crippen MR) is 96.7 cm³/mol. The monoisotopic (exact) mass is 365 g/mol. The lowest BCUT2D eigenvalue weighted by Crippen LogP contribution is -2.40. The Morgan fingerprint density at radius 3 is 2.71 bits per heavy atom. The molecule has 0 radical (unpaired) electrons. The van der Waals surface area contributed by atoms with E-state index in [1.165, 1.54) is 4.90 Å². The zero-order chi connectivity index (χ0) is 17.2. The lowest BCUT2D eigenvalue weighted by molar-refractivity contribution is 0.284. The molecule has 2 aromatic rings. The van der Waals surface area contributed by atoms with E-state index in [2.05, 4.69) is 22.3 Å². The summed E-state index contributed by atoms with van der Waals surface area (Å²) < 4.78 is 27.6. The molecule has 1 aliphatic rings. The van der Waals surface area contributed by atoms with Crippen molar-refractivity contribution in [3.05, 3.63) is 41.7 Å². The van der Waals surface area contributed by atoms with Gasteiger partial charge in [-0.15, -0.1) is 11.8 Å². The quantitative estimate of drug-likeness (QED) is 0.826. The number of piperidine rings is 1. The molecule has 2 heterocycles. The van der Waals surface area contributed by atoms with Crippen LogP contribution in [0.3, 0.4) is 0 Å². The Morgan fingerprint density at radius 1 is 1.29 bits per heavy atom. The second kappa shape index (κ2) is 7.29. The zero-order valence-corrected chi connectivity index (χ0v) is 15.7. The van der Waals surface area contributed by atoms with Crippen LogP contribution in [0.5, 0.6) is 0 Å². The summed E-state index contributed by atoms with van der Waals surface area (Å²) in [6.07, 6.45) is 1.99. The first-order valence-corrected chi connectivity index (χ1v) is 10.6. The second-order valence-electron chi connectivity index (χ2n) is 6.26. The molecule has 0 bridgehead atoms. The highest BCUT2D eigenvalue weighted by Gasteiger charge is 2.33. The molecular weight excluding hydrogens is 342 g/mol. The van der Waals surface area contributed by atoms with E-state index >= 15 is 0 Å². The molecule has 5 nitrogen and oxygen atoms in total. The molecule has 7 heteroatoms. The number of benzene rings is 1. The van der Waals surface area contributed by atoms with Crippen LogP contribution in [-0.4, -0.2) is 41.8 Å². The fraction of sp³-hybridized carbons (Fsp3) is 0.471. The van der Waals surface area contributed by atoms with Crippen molar-refractivity contribution < 1.29 is 8.42 Å². The second-order valence-corrected chi connectivity index (χ2v) is 9.23. The Kier molecular flexibility index (Phi) is 5.32. The van der Waals surface area contributed by atoms with Crippen molar-refractivity contribution in [2.24, 2.45) is 5.92 Å². The molecule has 0 amide bonds. The van der Waals surface area contributed by atoms with Gasteiger partial charge in [-0.2, -0.15) is 9.40 Å². The zero-order valence-electron chi connectivity index (χ0n) is 14.0. The van der Waals surface area contributed by atoms with Crippen molar-refractivity contribution in [2.75, 3.05) is 18.8 Å². The first-order chi connectivity index (χ1) is 11.5. The van der Waals surface area contributed by atoms with Crippen LogP contribution in [0.1, 0.15) is 24.2 Å². The van der Waals surface area contributed by atoms with E-state index in [1.807, 2.05) is 18.2 Å². The molecule has 3 rings (SSSR count). The Labute approximate surface area is 147 Å². The molecule has 1 aromatic heterocycles. The third kappa shape index (κ3) is 3.68. The molecule has 0 aliphatic carbocycles. The summed E-state index contributed by atoms with van der Waals surface area (Å²) in [4.78, 5) is 1.58. The van der Waals surface area contributed by atoms with Gasteiger partial charge in [0.25, 0.3) is 0 Å². The molecule has 1 aliphatic heterocycles. The van der Waals surface area contributed by atoms with Gasteiger partial charge in [0.2, 0.25) is 10.0 Å². The van der Waals surface area contributed by atoms with Gasteiger partial charge in [0, 0.05) is 23.7 Å². The van der Waals surface area contributed by atoms with Gasteiger partial charge in [0.05, 0.1) is 11.4 Å². The van der Waals surface area contributed by atoms with Gasteiger partial charge in [-0.05, 0) is 44.7 Å². The number of sulfonamides is 1. The Morgan fingerprint density at radius 2 is 2.04 bits per heavy atom. The van der Waals surface area contributed by atoms with E-state index in [9.17, 15) is 8.42 Å². The van der Waals surface area contributed by atoms with Gasteiger partial charge in [0.1, 0.15) is 4.90 Å². The van der Waals surface area contributed by atoms with Gasteiger partial charge in [-0.25, -0.2) is 8.42 Å². The molecule has 130 valence electrons. The highest BCUT2D eigenvalue weighted by molar-refractivity contribution is 7.99. The minimum Gasteiger partial charge on any atom is -0.281 e. The Balaban J connectivity index is 1.69. The van der Waals surface area contributed by atoms with Crippen molar-refractivity contribution in [1.82, 2.24) is 14.5 Å². The molecule has 1 unspecified atom stereocenters. The van der Waals surface area contributed by atoms with Crippen LogP contribution < -0.4 is 0 Å². The summed E-state index contributed by atoms with van der Waals surface area (Å²) in [5.74, 6) is 1.32. The number of aromatic amines is 1. The van der Waals surface area contributed by atoms with E-state index in [1.54, 1.807) is 29.9 Å². The number of rotatable bonds is 5. The van der Waals surface area contributed by atoms with E-state index in [0.717, 1.165) is 18.6 Å². The standard InChI is InChI=1S/C17H23N3O2S2/c1-13-17(14(2)19-18-13)24(21,22)20-10-6-7-15(11-20)12-23-16-8-4-3-5-9-16/h3-5,8-9,15H,6-7,10-12H2,1-2H3,(H,18,19). The average molecular weight is 366 g/mol. The number of aromatic nitrogens is 2. The third-order valence-corrected chi connectivity index (χ3v) is 7.74. The predicted octanol–water partition coefficient (Wildman–Crippen LogP) is 3.22. The van der Waals surface area contributed by atoms with Crippen LogP contribution >= 0.6 is 11.8 Å². The number of nitrogens with zero attached hydrogens (tertiary/aromatic N) is 2. The first kappa shape index (κ1) is 17.5. The molecule has 1 atom stereocenters. The van der Waals surface area contributed by atoms with Gasteiger partial charge < -0.3 is 0 Å². The molecule has 0 spiro atoms. The fourth-order valence-corrected chi connectivity index (χ4v) is 6.10. The van der Waals surface area contributed by atoms with Crippen molar-refractivity contribution in [3.8, 4) is 0 Å². The van der Waals surface area contributed by atoms with Crippen LogP contribution in [0.15, 0.2) is 40.1 Å². The number of hydrogen-bond donors (Lipinski definition) is 1. The highest BCUT2D eigenvalue weighted by Crippen LogP contribution is 2.30. The number of nitrogens with one attached hydrogen (secondary N) is 1. The molecule has 1 N–H and O–H groups in total. The molecule has 0 saturated carbocycles. The van der Waals surface area contributed by atoms with Crippen LogP contribution in [0, 0.1) is 19.8 Å². The summed E-state index contributed by atoms with van der Waals surface area (Å²) in [6.45, 7) is 4.69. The largest absolute Gasteiger partial charge is 0.281 e. The maximum atomic E-state index is 13.0. The minimum absolute atomic E-state index is 0.346. The van der Waals surface area contributed by atoms with Crippen molar-refractivity contribution in [3.63, 3.8) is 0 Å². The third-order valence-electron chi connectivity index (χ3n) is 4.37. The van der Waals surface area contributed by atoms with Gasteiger partial charge >= 0.3 is 0 Å². The molecule has 24 heavy (non-hydrogen) atoms. The van der Waals surface area contributed by atoms with E-state index in [4.69, 9.17) is 0 Å². The average Bonchev–Trinajstić information content (AvgIpc) is 2.93. The lowest BCUT2D eigenvalue weighted by Gasteiger charge is -2.31. The van der Waals surface area contributed by atoms with Crippen LogP contribution in [0.2, 0.25) is 0 Å². The maximum Gasteiger partial charge on any atom is 0.246 e. The van der Waals surface area contributed by atoms with E-state index in [0.29, 0.717) is 35.3 Å². The molecule has 1 aromatic carbocycles. The maximum absolute atomic E-state index is 13.0. The van der Waals surface area contributed by atoms with E-state index in [-0.39, 0.29) is 0 Å². The number of aryl methyl sites for hydroxylation is 2. The number of thioether (sulfide) groups is 1. The molecular formula is C17H23N3O2S2. The normalized spacial score (nSPS) is 19.5. The topological polar surface area (TPSA) is 66.1 Å². The van der Waals surface area contributed by atoms with Crippen LogP contribution in [0.25, 0.3) is 0 Å². The number of hydrogen-bond acceptors (Lipinski definition) is 4. The van der Waals surface area contributed by atoms with Gasteiger partial charge in [0.15, 0.2) is 0 Å².